The third-order valence-electron chi connectivity index (χ3n) is 7.99. The molecule has 0 heterocycles. The lowest BCUT2D eigenvalue weighted by molar-refractivity contribution is 0.466. The van der Waals surface area contributed by atoms with Crippen molar-refractivity contribution >= 4 is 10.8 Å². The molecule has 0 radical (unpaired) electrons. The van der Waals surface area contributed by atoms with Crippen LogP contribution in [0.5, 0.6) is 5.75 Å². The minimum Gasteiger partial charge on any atom is -0.507 e. The molecule has 1 unspecified atom stereocenters. The summed E-state index contributed by atoms with van der Waals surface area (Å²) in [5, 5.41) is 13.7. The molecule has 1 nitrogen and oxygen atoms in total. The zero-order valence-corrected chi connectivity index (χ0v) is 19.0. The van der Waals surface area contributed by atoms with Gasteiger partial charge in [-0.1, -0.05) is 6.92 Å². The Morgan fingerprint density at radius 1 is 0.464 bits per heavy atom. The summed E-state index contributed by atoms with van der Waals surface area (Å²) in [6, 6.07) is 0. The van der Waals surface area contributed by atoms with E-state index in [9.17, 15) is 5.11 Å². The van der Waals surface area contributed by atoms with E-state index in [0.29, 0.717) is 11.7 Å². The van der Waals surface area contributed by atoms with E-state index in [1.165, 1.54) is 72.0 Å². The zero-order valence-electron chi connectivity index (χ0n) is 19.0. The Labute approximate surface area is 169 Å². The summed E-state index contributed by atoms with van der Waals surface area (Å²) in [5.74, 6) is 0.813. The molecule has 0 fully saturated rings. The zero-order chi connectivity index (χ0) is 20.8. The van der Waals surface area contributed by atoms with Crippen molar-refractivity contribution in [1.29, 1.82) is 0 Å². The summed E-state index contributed by atoms with van der Waals surface area (Å²) < 4.78 is 0. The van der Waals surface area contributed by atoms with Gasteiger partial charge in [-0.05, 0) is 145 Å². The van der Waals surface area contributed by atoms with Crippen LogP contribution in [0.3, 0.4) is 0 Å². The van der Waals surface area contributed by atoms with E-state index in [-0.39, 0.29) is 0 Å². The number of fused-ring (bicyclic) bond motifs is 5. The summed E-state index contributed by atoms with van der Waals surface area (Å²) >= 11 is 0. The first-order chi connectivity index (χ1) is 13.0. The highest BCUT2D eigenvalue weighted by Gasteiger charge is 2.35. The van der Waals surface area contributed by atoms with Crippen LogP contribution in [0.15, 0.2) is 0 Å². The number of hydrogen-bond donors (Lipinski definition) is 1. The molecule has 3 aromatic carbocycles. The molecule has 1 atom stereocenters. The molecule has 3 aromatic rings. The van der Waals surface area contributed by atoms with Gasteiger partial charge in [-0.3, -0.25) is 0 Å². The van der Waals surface area contributed by atoms with E-state index >= 15 is 0 Å². The van der Waals surface area contributed by atoms with Gasteiger partial charge in [-0.15, -0.1) is 0 Å². The van der Waals surface area contributed by atoms with Crippen molar-refractivity contribution < 1.29 is 5.11 Å². The second-order valence-electron chi connectivity index (χ2n) is 9.02. The van der Waals surface area contributed by atoms with Gasteiger partial charge in [-0.25, -0.2) is 0 Å². The second kappa shape index (κ2) is 5.86. The molecule has 1 aliphatic carbocycles. The quantitative estimate of drug-likeness (QED) is 0.434. The average Bonchev–Trinajstić information content (AvgIpc) is 2.97. The Bertz CT molecular complexity index is 1210. The van der Waals surface area contributed by atoms with Crippen LogP contribution in [-0.4, -0.2) is 5.11 Å². The number of phenols is 1. The lowest BCUT2D eigenvalue weighted by Gasteiger charge is -2.23. The summed E-state index contributed by atoms with van der Waals surface area (Å²) in [4.78, 5) is 0. The fourth-order valence-electron chi connectivity index (χ4n) is 5.78. The fourth-order valence-corrected chi connectivity index (χ4v) is 5.78. The lowest BCUT2D eigenvalue weighted by atomic mass is 9.81. The molecular weight excluding hydrogens is 340 g/mol. The minimum absolute atomic E-state index is 0.354. The van der Waals surface area contributed by atoms with Crippen molar-refractivity contribution in [3.8, 4) is 16.9 Å². The van der Waals surface area contributed by atoms with Gasteiger partial charge in [0.15, 0.2) is 0 Å². The van der Waals surface area contributed by atoms with Crippen molar-refractivity contribution in [2.24, 2.45) is 0 Å². The number of aromatic hydroxyl groups is 1. The van der Waals surface area contributed by atoms with Crippen LogP contribution in [0.4, 0.5) is 0 Å². The van der Waals surface area contributed by atoms with Crippen LogP contribution in [0.25, 0.3) is 21.9 Å². The first-order valence-electron chi connectivity index (χ1n) is 10.4. The van der Waals surface area contributed by atoms with Crippen molar-refractivity contribution in [3.05, 3.63) is 61.2 Å². The predicted molar refractivity (Wildman–Crippen MR) is 121 cm³/mol. The van der Waals surface area contributed by atoms with Crippen LogP contribution in [-0.2, 0) is 0 Å². The molecule has 0 saturated carbocycles. The molecule has 0 spiro atoms. The van der Waals surface area contributed by atoms with Crippen molar-refractivity contribution in [1.82, 2.24) is 0 Å². The number of rotatable bonds is 0. The molecular formula is C27H32O. The summed E-state index contributed by atoms with van der Waals surface area (Å²) in [7, 11) is 0. The van der Waals surface area contributed by atoms with E-state index in [2.05, 4.69) is 62.3 Å². The number of phenolic OH excluding ortho intramolecular Hbond substituents is 1. The molecule has 0 aliphatic heterocycles. The average molecular weight is 373 g/mol. The summed E-state index contributed by atoms with van der Waals surface area (Å²) in [6.07, 6.45) is 0. The number of hydrogen-bond acceptors (Lipinski definition) is 1. The summed E-state index contributed by atoms with van der Waals surface area (Å²) in [6.45, 7) is 22.3. The van der Waals surface area contributed by atoms with Gasteiger partial charge in [0.05, 0.1) is 0 Å². The fraction of sp³-hybridized carbons (Fsp3) is 0.407. The maximum absolute atomic E-state index is 10.9. The molecule has 0 saturated heterocycles. The third kappa shape index (κ3) is 2.03. The highest BCUT2D eigenvalue weighted by molar-refractivity contribution is 6.09. The first kappa shape index (κ1) is 19.1. The normalized spacial score (nSPS) is 15.3. The highest BCUT2D eigenvalue weighted by atomic mass is 16.3. The van der Waals surface area contributed by atoms with Gasteiger partial charge in [-0.2, -0.15) is 0 Å². The maximum Gasteiger partial charge on any atom is 0.122 e. The largest absolute Gasteiger partial charge is 0.507 e. The van der Waals surface area contributed by atoms with Gasteiger partial charge in [0.25, 0.3) is 0 Å². The minimum atomic E-state index is 0.354. The SMILES string of the molecule is Cc1c(C)c2c(c(C)c1O)-c1c(c(C)c(C)c3c(C)c(C)c(C)c(C)c13)C2C. The maximum atomic E-state index is 10.9. The molecule has 1 heteroatoms. The Kier molecular flexibility index (Phi) is 3.99. The Morgan fingerprint density at radius 2 is 0.893 bits per heavy atom. The lowest BCUT2D eigenvalue weighted by Crippen LogP contribution is -2.02. The van der Waals surface area contributed by atoms with Crippen LogP contribution in [0.2, 0.25) is 0 Å². The smallest absolute Gasteiger partial charge is 0.122 e. The van der Waals surface area contributed by atoms with Crippen molar-refractivity contribution in [3.63, 3.8) is 0 Å². The first-order valence-corrected chi connectivity index (χ1v) is 10.4. The molecule has 146 valence electrons. The Balaban J connectivity index is 2.38. The third-order valence-corrected chi connectivity index (χ3v) is 7.99. The van der Waals surface area contributed by atoms with Gasteiger partial charge in [0.2, 0.25) is 0 Å². The topological polar surface area (TPSA) is 20.2 Å². The van der Waals surface area contributed by atoms with Gasteiger partial charge in [0.1, 0.15) is 5.75 Å². The Hall–Kier alpha value is -2.28. The second-order valence-corrected chi connectivity index (χ2v) is 9.02. The molecule has 0 aromatic heterocycles. The molecule has 28 heavy (non-hydrogen) atoms. The number of aryl methyl sites for hydroxylation is 3. The van der Waals surface area contributed by atoms with Crippen molar-refractivity contribution in [2.45, 2.75) is 75.2 Å². The van der Waals surface area contributed by atoms with Crippen LogP contribution in [0.1, 0.15) is 74.0 Å². The predicted octanol–water partition coefficient (Wildman–Crippen LogP) is 7.45. The molecule has 1 aliphatic rings. The standard InChI is InChI=1S/C27H32O/c1-11-12(2)14(4)24-21(13(11)3)15(5)16(6)23-19(9)22-17(7)18(8)27(28)20(10)25(22)26(23)24/h19,28H,1-10H3. The number of benzene rings is 3. The Morgan fingerprint density at radius 3 is 1.46 bits per heavy atom. The van der Waals surface area contributed by atoms with Gasteiger partial charge < -0.3 is 5.11 Å². The van der Waals surface area contributed by atoms with Gasteiger partial charge in [0, 0.05) is 5.92 Å². The van der Waals surface area contributed by atoms with Crippen LogP contribution < -0.4 is 0 Å². The molecule has 1 N–H and O–H groups in total. The highest BCUT2D eigenvalue weighted by Crippen LogP contribution is 2.56. The van der Waals surface area contributed by atoms with Crippen molar-refractivity contribution in [2.75, 3.05) is 0 Å². The molecule has 4 rings (SSSR count). The van der Waals surface area contributed by atoms with Crippen LogP contribution >= 0.6 is 0 Å². The van der Waals surface area contributed by atoms with Crippen LogP contribution in [0, 0.1) is 62.3 Å². The molecule has 0 amide bonds. The van der Waals surface area contributed by atoms with Gasteiger partial charge >= 0.3 is 0 Å². The van der Waals surface area contributed by atoms with E-state index < -0.39 is 0 Å². The monoisotopic (exact) mass is 372 g/mol. The van der Waals surface area contributed by atoms with E-state index in [0.717, 1.165) is 11.1 Å². The summed E-state index contributed by atoms with van der Waals surface area (Å²) in [5.41, 5.74) is 17.2. The van der Waals surface area contributed by atoms with E-state index in [1.807, 2.05) is 6.92 Å². The van der Waals surface area contributed by atoms with E-state index in [1.54, 1.807) is 0 Å². The van der Waals surface area contributed by atoms with E-state index in [4.69, 9.17) is 0 Å². The molecule has 0 bridgehead atoms.